The zero-order valence-electron chi connectivity index (χ0n) is 8.71. The van der Waals surface area contributed by atoms with E-state index in [1.54, 1.807) is 23.5 Å². The first kappa shape index (κ1) is 11.6. The fourth-order valence-corrected chi connectivity index (χ4v) is 1.66. The minimum absolute atomic E-state index is 0.443. The second kappa shape index (κ2) is 4.96. The van der Waals surface area contributed by atoms with Gasteiger partial charge in [-0.3, -0.25) is 10.1 Å². The highest BCUT2D eigenvalue weighted by atomic mass is 79.9. The first-order valence-electron chi connectivity index (χ1n) is 4.81. The van der Waals surface area contributed by atoms with Gasteiger partial charge in [0.05, 0.1) is 11.5 Å². The van der Waals surface area contributed by atoms with Gasteiger partial charge in [0.15, 0.2) is 5.82 Å². The Bertz CT molecular complexity index is 484. The maximum absolute atomic E-state index is 10.4. The van der Waals surface area contributed by atoms with Crippen molar-refractivity contribution < 1.29 is 4.92 Å². The highest BCUT2D eigenvalue weighted by molar-refractivity contribution is 9.10. The molecular formula is C10H9BrN4O2. The van der Waals surface area contributed by atoms with Crippen molar-refractivity contribution in [2.45, 2.75) is 6.54 Å². The van der Waals surface area contributed by atoms with Crippen molar-refractivity contribution in [1.82, 2.24) is 15.2 Å². The fraction of sp³-hybridized carbons (Fsp3) is 0.100. The van der Waals surface area contributed by atoms with Crippen LogP contribution in [0.3, 0.4) is 0 Å². The molecular weight excluding hydrogens is 288 g/mol. The number of rotatable bonds is 3. The van der Waals surface area contributed by atoms with Gasteiger partial charge in [-0.25, -0.2) is 4.98 Å². The number of halogens is 1. The Morgan fingerprint density at radius 2 is 2.41 bits per heavy atom. The Morgan fingerprint density at radius 1 is 1.59 bits per heavy atom. The number of nitrogens with zero attached hydrogens (tertiary/aromatic N) is 3. The average Bonchev–Trinajstić information content (AvgIpc) is 2.68. The lowest BCUT2D eigenvalue weighted by molar-refractivity contribution is -0.404. The molecule has 1 N–H and O–H groups in total. The molecule has 0 aliphatic carbocycles. The lowest BCUT2D eigenvalue weighted by atomic mass is 10.3. The van der Waals surface area contributed by atoms with E-state index in [4.69, 9.17) is 0 Å². The number of nitro groups is 1. The second-order valence-corrected chi connectivity index (χ2v) is 4.19. The quantitative estimate of drug-likeness (QED) is 0.523. The Morgan fingerprint density at radius 3 is 3.06 bits per heavy atom. The van der Waals surface area contributed by atoms with Crippen LogP contribution in [0.1, 0.15) is 5.56 Å². The summed E-state index contributed by atoms with van der Waals surface area (Å²) in [5, 5.41) is 13.2. The number of pyridine rings is 1. The summed E-state index contributed by atoms with van der Waals surface area (Å²) in [6.07, 6.45) is 6.06. The maximum Gasteiger partial charge on any atom is 0.274 e. The van der Waals surface area contributed by atoms with Crippen LogP contribution < -0.4 is 5.32 Å². The molecule has 0 fully saturated rings. The van der Waals surface area contributed by atoms with Crippen LogP contribution in [0.2, 0.25) is 0 Å². The van der Waals surface area contributed by atoms with Gasteiger partial charge in [0.1, 0.15) is 4.60 Å². The van der Waals surface area contributed by atoms with E-state index in [-0.39, 0.29) is 0 Å². The largest absolute Gasteiger partial charge is 0.341 e. The number of hydrogen-bond donors (Lipinski definition) is 1. The molecule has 0 bridgehead atoms. The molecule has 2 heterocycles. The third-order valence-corrected chi connectivity index (χ3v) is 2.63. The van der Waals surface area contributed by atoms with E-state index >= 15 is 0 Å². The third kappa shape index (κ3) is 3.04. The van der Waals surface area contributed by atoms with Gasteiger partial charge in [0, 0.05) is 18.6 Å². The number of aromatic nitrogens is 1. The highest BCUT2D eigenvalue weighted by Crippen LogP contribution is 2.14. The molecule has 0 spiro atoms. The van der Waals surface area contributed by atoms with Gasteiger partial charge < -0.3 is 10.2 Å². The summed E-state index contributed by atoms with van der Waals surface area (Å²) in [7, 11) is 0. The SMILES string of the molecule is O=[N+]([O-])C=C1NC=CN1Cc1ccc(Br)nc1. The van der Waals surface area contributed by atoms with Gasteiger partial charge in [-0.1, -0.05) is 6.07 Å². The maximum atomic E-state index is 10.4. The molecule has 88 valence electrons. The van der Waals surface area contributed by atoms with E-state index in [2.05, 4.69) is 26.2 Å². The highest BCUT2D eigenvalue weighted by Gasteiger charge is 2.15. The fourth-order valence-electron chi connectivity index (χ4n) is 1.42. The van der Waals surface area contributed by atoms with Crippen molar-refractivity contribution >= 4 is 15.9 Å². The molecule has 1 aliphatic rings. The summed E-state index contributed by atoms with van der Waals surface area (Å²) in [5.74, 6) is 0.443. The molecule has 1 aliphatic heterocycles. The van der Waals surface area contributed by atoms with Gasteiger partial charge >= 0.3 is 0 Å². The van der Waals surface area contributed by atoms with Crippen molar-refractivity contribution in [3.8, 4) is 0 Å². The molecule has 17 heavy (non-hydrogen) atoms. The van der Waals surface area contributed by atoms with E-state index in [0.717, 1.165) is 16.4 Å². The van der Waals surface area contributed by atoms with Crippen LogP contribution >= 0.6 is 15.9 Å². The molecule has 0 radical (unpaired) electrons. The first-order valence-corrected chi connectivity index (χ1v) is 5.60. The molecule has 0 saturated heterocycles. The minimum Gasteiger partial charge on any atom is -0.341 e. The average molecular weight is 297 g/mol. The third-order valence-electron chi connectivity index (χ3n) is 2.16. The molecule has 0 saturated carbocycles. The standard InChI is InChI=1S/C10H9BrN4O2/c11-9-2-1-8(5-13-9)6-14-4-3-12-10(14)7-15(16)17/h1-5,7,12H,6H2. The van der Waals surface area contributed by atoms with Crippen molar-refractivity contribution in [1.29, 1.82) is 0 Å². The second-order valence-electron chi connectivity index (χ2n) is 3.38. The van der Waals surface area contributed by atoms with Crippen molar-refractivity contribution in [3.63, 3.8) is 0 Å². The molecule has 2 rings (SSSR count). The van der Waals surface area contributed by atoms with E-state index in [0.29, 0.717) is 12.4 Å². The van der Waals surface area contributed by atoms with Crippen molar-refractivity contribution in [3.05, 3.63) is 63.0 Å². The molecule has 1 aromatic rings. The minimum atomic E-state index is -0.484. The van der Waals surface area contributed by atoms with Crippen LogP contribution in [0, 0.1) is 10.1 Å². The Labute approximate surface area is 106 Å². The predicted octanol–water partition coefficient (Wildman–Crippen LogP) is 1.80. The normalized spacial score (nSPS) is 16.3. The van der Waals surface area contributed by atoms with Gasteiger partial charge in [0.2, 0.25) is 0 Å². The van der Waals surface area contributed by atoms with Crippen LogP contribution in [0.25, 0.3) is 0 Å². The number of hydrogen-bond acceptors (Lipinski definition) is 5. The summed E-state index contributed by atoms with van der Waals surface area (Å²) in [4.78, 5) is 15.8. The van der Waals surface area contributed by atoms with Gasteiger partial charge in [-0.05, 0) is 27.6 Å². The summed E-state index contributed by atoms with van der Waals surface area (Å²) in [6, 6.07) is 3.74. The zero-order chi connectivity index (χ0) is 12.3. The molecule has 0 atom stereocenters. The lowest BCUT2D eigenvalue weighted by Crippen LogP contribution is -2.19. The topological polar surface area (TPSA) is 71.3 Å². The molecule has 6 nitrogen and oxygen atoms in total. The molecule has 0 amide bonds. The van der Waals surface area contributed by atoms with Crippen LogP contribution in [-0.2, 0) is 6.54 Å². The van der Waals surface area contributed by atoms with Crippen LogP contribution in [0.4, 0.5) is 0 Å². The van der Waals surface area contributed by atoms with E-state index < -0.39 is 4.92 Å². The van der Waals surface area contributed by atoms with E-state index in [1.807, 2.05) is 12.1 Å². The molecule has 0 aromatic carbocycles. The Kier molecular flexibility index (Phi) is 3.38. The van der Waals surface area contributed by atoms with Gasteiger partial charge in [-0.2, -0.15) is 0 Å². The Hall–Kier alpha value is -1.89. The zero-order valence-corrected chi connectivity index (χ0v) is 10.3. The van der Waals surface area contributed by atoms with E-state index in [1.165, 1.54) is 0 Å². The van der Waals surface area contributed by atoms with Gasteiger partial charge in [0.25, 0.3) is 6.20 Å². The van der Waals surface area contributed by atoms with Crippen LogP contribution in [0.15, 0.2) is 47.4 Å². The molecule has 1 aromatic heterocycles. The number of nitrogens with one attached hydrogen (secondary N) is 1. The van der Waals surface area contributed by atoms with Crippen LogP contribution in [-0.4, -0.2) is 14.8 Å². The molecule has 0 unspecified atom stereocenters. The lowest BCUT2D eigenvalue weighted by Gasteiger charge is -2.15. The summed E-state index contributed by atoms with van der Waals surface area (Å²) in [5.41, 5.74) is 0.968. The first-order chi connectivity index (χ1) is 8.15. The summed E-state index contributed by atoms with van der Waals surface area (Å²) >= 11 is 3.25. The summed E-state index contributed by atoms with van der Waals surface area (Å²) in [6.45, 7) is 0.531. The van der Waals surface area contributed by atoms with Gasteiger partial charge in [-0.15, -0.1) is 0 Å². The van der Waals surface area contributed by atoms with Crippen molar-refractivity contribution in [2.24, 2.45) is 0 Å². The summed E-state index contributed by atoms with van der Waals surface area (Å²) < 4.78 is 0.761. The monoisotopic (exact) mass is 296 g/mol. The molecule has 7 heteroatoms. The predicted molar refractivity (Wildman–Crippen MR) is 64.8 cm³/mol. The smallest absolute Gasteiger partial charge is 0.274 e. The van der Waals surface area contributed by atoms with Crippen LogP contribution in [0.5, 0.6) is 0 Å². The van der Waals surface area contributed by atoms with Crippen molar-refractivity contribution in [2.75, 3.05) is 0 Å². The van der Waals surface area contributed by atoms with E-state index in [9.17, 15) is 10.1 Å². The Balaban J connectivity index is 2.10.